The summed E-state index contributed by atoms with van der Waals surface area (Å²) in [5, 5.41) is 0. The summed E-state index contributed by atoms with van der Waals surface area (Å²) in [5.41, 5.74) is 1.79. The van der Waals surface area contributed by atoms with Crippen molar-refractivity contribution in [2.24, 2.45) is 0 Å². The van der Waals surface area contributed by atoms with Crippen LogP contribution in [-0.2, 0) is 22.6 Å². The quantitative estimate of drug-likeness (QED) is 0.799. The standard InChI is InChI=1S/C16H14BrFO2/c17-16-4-2-1-3-13(16)10-20-11-15(19)9-12-5-7-14(18)8-6-12/h1-8H,9-11H2. The minimum absolute atomic E-state index is 0.0244. The summed E-state index contributed by atoms with van der Waals surface area (Å²) >= 11 is 3.42. The largest absolute Gasteiger partial charge is 0.369 e. The third kappa shape index (κ3) is 4.54. The van der Waals surface area contributed by atoms with Crippen LogP contribution in [0.25, 0.3) is 0 Å². The molecule has 20 heavy (non-hydrogen) atoms. The molecule has 2 nitrogen and oxygen atoms in total. The minimum atomic E-state index is -0.300. The number of rotatable bonds is 6. The van der Waals surface area contributed by atoms with Gasteiger partial charge in [-0.25, -0.2) is 4.39 Å². The smallest absolute Gasteiger partial charge is 0.162 e. The van der Waals surface area contributed by atoms with Crippen molar-refractivity contribution in [3.63, 3.8) is 0 Å². The number of hydrogen-bond acceptors (Lipinski definition) is 2. The molecule has 0 fully saturated rings. The number of Topliss-reactive ketones (excluding diaryl/α,β-unsaturated/α-hetero) is 1. The lowest BCUT2D eigenvalue weighted by Crippen LogP contribution is -2.11. The molecule has 0 aliphatic heterocycles. The molecule has 0 saturated heterocycles. The van der Waals surface area contributed by atoms with Gasteiger partial charge in [0.25, 0.3) is 0 Å². The molecule has 0 aromatic heterocycles. The number of carbonyl (C=O) groups excluding carboxylic acids is 1. The van der Waals surface area contributed by atoms with Crippen molar-refractivity contribution in [2.45, 2.75) is 13.0 Å². The first kappa shape index (κ1) is 14.9. The Labute approximate surface area is 125 Å². The van der Waals surface area contributed by atoms with Crippen LogP contribution >= 0.6 is 15.9 Å². The number of benzene rings is 2. The van der Waals surface area contributed by atoms with E-state index in [0.717, 1.165) is 15.6 Å². The molecule has 0 heterocycles. The fraction of sp³-hybridized carbons (Fsp3) is 0.188. The van der Waals surface area contributed by atoms with E-state index in [-0.39, 0.29) is 24.6 Å². The third-order valence-electron chi connectivity index (χ3n) is 2.79. The maximum absolute atomic E-state index is 12.7. The van der Waals surface area contributed by atoms with E-state index in [2.05, 4.69) is 15.9 Å². The molecule has 2 rings (SSSR count). The Bertz CT molecular complexity index is 581. The Balaban J connectivity index is 1.78. The van der Waals surface area contributed by atoms with Crippen LogP contribution in [0.1, 0.15) is 11.1 Å². The van der Waals surface area contributed by atoms with Crippen molar-refractivity contribution in [1.29, 1.82) is 0 Å². The first-order valence-electron chi connectivity index (χ1n) is 6.22. The van der Waals surface area contributed by atoms with E-state index in [9.17, 15) is 9.18 Å². The van der Waals surface area contributed by atoms with Gasteiger partial charge in [0.15, 0.2) is 5.78 Å². The Morgan fingerprint density at radius 2 is 1.80 bits per heavy atom. The first-order chi connectivity index (χ1) is 9.65. The molecule has 2 aromatic rings. The average molecular weight is 337 g/mol. The second kappa shape index (κ2) is 7.31. The minimum Gasteiger partial charge on any atom is -0.369 e. The van der Waals surface area contributed by atoms with Crippen molar-refractivity contribution < 1.29 is 13.9 Å². The van der Waals surface area contributed by atoms with Gasteiger partial charge in [-0.2, -0.15) is 0 Å². The molecule has 0 unspecified atom stereocenters. The maximum atomic E-state index is 12.7. The number of ether oxygens (including phenoxy) is 1. The van der Waals surface area contributed by atoms with Crippen LogP contribution in [0.2, 0.25) is 0 Å². The summed E-state index contributed by atoms with van der Waals surface area (Å²) in [5.74, 6) is -0.324. The van der Waals surface area contributed by atoms with Crippen molar-refractivity contribution in [3.05, 3.63) is 69.9 Å². The molecule has 0 saturated carbocycles. The summed E-state index contributed by atoms with van der Waals surface area (Å²) in [6, 6.07) is 13.6. The second-order valence-electron chi connectivity index (χ2n) is 4.43. The van der Waals surface area contributed by atoms with Gasteiger partial charge in [-0.05, 0) is 29.3 Å². The molecule has 0 aliphatic carbocycles. The predicted octanol–water partition coefficient (Wildman–Crippen LogP) is 3.92. The highest BCUT2D eigenvalue weighted by atomic mass is 79.9. The van der Waals surface area contributed by atoms with Crippen LogP contribution in [-0.4, -0.2) is 12.4 Å². The molecule has 0 amide bonds. The summed E-state index contributed by atoms with van der Waals surface area (Å²) < 4.78 is 19.1. The molecule has 0 N–H and O–H groups in total. The molecule has 4 heteroatoms. The lowest BCUT2D eigenvalue weighted by Gasteiger charge is -2.06. The molecule has 104 valence electrons. The van der Waals surface area contributed by atoms with Gasteiger partial charge in [-0.15, -0.1) is 0 Å². The summed E-state index contributed by atoms with van der Waals surface area (Å²) in [6.07, 6.45) is 0.260. The zero-order chi connectivity index (χ0) is 14.4. The summed E-state index contributed by atoms with van der Waals surface area (Å²) in [6.45, 7) is 0.440. The molecular formula is C16H14BrFO2. The van der Waals surface area contributed by atoms with Crippen molar-refractivity contribution in [2.75, 3.05) is 6.61 Å². The van der Waals surface area contributed by atoms with Crippen molar-refractivity contribution in [3.8, 4) is 0 Å². The van der Waals surface area contributed by atoms with E-state index in [0.29, 0.717) is 6.61 Å². The third-order valence-corrected chi connectivity index (χ3v) is 3.57. The average Bonchev–Trinajstić information content (AvgIpc) is 2.43. The van der Waals surface area contributed by atoms with Crippen LogP contribution in [0.15, 0.2) is 53.0 Å². The Morgan fingerprint density at radius 3 is 2.50 bits per heavy atom. The van der Waals surface area contributed by atoms with Crippen molar-refractivity contribution >= 4 is 21.7 Å². The Morgan fingerprint density at radius 1 is 1.10 bits per heavy atom. The fourth-order valence-electron chi connectivity index (χ4n) is 1.77. The van der Waals surface area contributed by atoms with E-state index in [4.69, 9.17) is 4.74 Å². The van der Waals surface area contributed by atoms with E-state index in [1.54, 1.807) is 12.1 Å². The van der Waals surface area contributed by atoms with Gasteiger partial charge in [0.05, 0.1) is 6.61 Å². The molecule has 0 spiro atoms. The lowest BCUT2D eigenvalue weighted by atomic mass is 10.1. The van der Waals surface area contributed by atoms with Gasteiger partial charge in [-0.1, -0.05) is 46.3 Å². The zero-order valence-electron chi connectivity index (χ0n) is 10.8. The zero-order valence-corrected chi connectivity index (χ0v) is 12.4. The Kier molecular flexibility index (Phi) is 5.44. The van der Waals surface area contributed by atoms with Gasteiger partial charge in [0, 0.05) is 10.9 Å². The van der Waals surface area contributed by atoms with E-state index < -0.39 is 0 Å². The molecule has 0 aliphatic rings. The highest BCUT2D eigenvalue weighted by Crippen LogP contribution is 2.16. The lowest BCUT2D eigenvalue weighted by molar-refractivity contribution is -0.123. The fourth-order valence-corrected chi connectivity index (χ4v) is 2.17. The number of halogens is 2. The highest BCUT2D eigenvalue weighted by molar-refractivity contribution is 9.10. The maximum Gasteiger partial charge on any atom is 0.162 e. The van der Waals surface area contributed by atoms with Gasteiger partial charge in [0.1, 0.15) is 12.4 Å². The van der Waals surface area contributed by atoms with E-state index >= 15 is 0 Å². The van der Waals surface area contributed by atoms with Crippen LogP contribution in [0.5, 0.6) is 0 Å². The highest BCUT2D eigenvalue weighted by Gasteiger charge is 2.05. The van der Waals surface area contributed by atoms with Gasteiger partial charge in [0.2, 0.25) is 0 Å². The number of hydrogen-bond donors (Lipinski definition) is 0. The topological polar surface area (TPSA) is 26.3 Å². The molecule has 0 bridgehead atoms. The van der Waals surface area contributed by atoms with Crippen LogP contribution in [0.3, 0.4) is 0 Å². The van der Waals surface area contributed by atoms with Crippen molar-refractivity contribution in [1.82, 2.24) is 0 Å². The Hall–Kier alpha value is -1.52. The molecule has 2 aromatic carbocycles. The second-order valence-corrected chi connectivity index (χ2v) is 5.28. The van der Waals surface area contributed by atoms with Crippen LogP contribution in [0.4, 0.5) is 4.39 Å². The number of ketones is 1. The monoisotopic (exact) mass is 336 g/mol. The molecule has 0 atom stereocenters. The molecule has 0 radical (unpaired) electrons. The number of carbonyl (C=O) groups is 1. The molecular weight excluding hydrogens is 323 g/mol. The van der Waals surface area contributed by atoms with Crippen LogP contribution < -0.4 is 0 Å². The summed E-state index contributed by atoms with van der Waals surface area (Å²) in [7, 11) is 0. The first-order valence-corrected chi connectivity index (χ1v) is 7.02. The van der Waals surface area contributed by atoms with E-state index in [1.165, 1.54) is 12.1 Å². The SMILES string of the molecule is O=C(COCc1ccccc1Br)Cc1ccc(F)cc1. The predicted molar refractivity (Wildman–Crippen MR) is 78.9 cm³/mol. The van der Waals surface area contributed by atoms with E-state index in [1.807, 2.05) is 24.3 Å². The summed E-state index contributed by atoms with van der Waals surface area (Å²) in [4.78, 5) is 11.7. The van der Waals surface area contributed by atoms with Gasteiger partial charge in [-0.3, -0.25) is 4.79 Å². The van der Waals surface area contributed by atoms with Gasteiger partial charge >= 0.3 is 0 Å². The van der Waals surface area contributed by atoms with Gasteiger partial charge < -0.3 is 4.74 Å². The van der Waals surface area contributed by atoms with Crippen LogP contribution in [0, 0.1) is 5.82 Å². The normalized spacial score (nSPS) is 10.5.